The molecule has 0 aliphatic heterocycles. The maximum absolute atomic E-state index is 13.5. The number of quaternary nitrogens is 1. The largest absolute Gasteiger partial charge is 0.492 e. The van der Waals surface area contributed by atoms with Crippen LogP contribution in [0.1, 0.15) is 21.5 Å². The quantitative estimate of drug-likeness (QED) is 0.172. The summed E-state index contributed by atoms with van der Waals surface area (Å²) in [5.74, 6) is 4.06. The van der Waals surface area contributed by atoms with Gasteiger partial charge in [-0.25, -0.2) is 19.1 Å². The number of alkyl halides is 3. The Morgan fingerprint density at radius 1 is 1.14 bits per heavy atom. The second-order valence-corrected chi connectivity index (χ2v) is 9.23. The lowest BCUT2D eigenvalue weighted by Crippen LogP contribution is -2.53. The molecule has 0 radical (unpaired) electrons. The number of hydrogen-bond acceptors (Lipinski definition) is 8. The number of hydrogen-bond donors (Lipinski definition) is 4. The number of nitrogens with zero attached hydrogens (tertiary/aromatic N) is 1. The summed E-state index contributed by atoms with van der Waals surface area (Å²) in [6.45, 7) is 1.67. The number of ether oxygens (including phenoxy) is 2. The van der Waals surface area contributed by atoms with Crippen LogP contribution in [0.5, 0.6) is 5.75 Å². The zero-order chi connectivity index (χ0) is 27.4. The normalized spacial score (nSPS) is 12.1. The van der Waals surface area contributed by atoms with E-state index in [0.29, 0.717) is 17.7 Å². The van der Waals surface area contributed by atoms with Crippen LogP contribution >= 0.6 is 0 Å². The molecule has 0 saturated carbocycles. The summed E-state index contributed by atoms with van der Waals surface area (Å²) in [4.78, 5) is 24.5. The number of benzene rings is 2. The molecule has 0 atom stereocenters. The minimum Gasteiger partial charge on any atom is -0.492 e. The molecule has 2 rings (SSSR count). The number of esters is 1. The third-order valence-corrected chi connectivity index (χ3v) is 5.25. The molecule has 1 amide bonds. The van der Waals surface area contributed by atoms with E-state index in [9.17, 15) is 31.2 Å². The molecule has 0 spiro atoms. The second-order valence-electron chi connectivity index (χ2n) is 7.49. The van der Waals surface area contributed by atoms with Crippen LogP contribution in [0.3, 0.4) is 0 Å². The predicted molar refractivity (Wildman–Crippen MR) is 125 cm³/mol. The molecule has 36 heavy (non-hydrogen) atoms. The summed E-state index contributed by atoms with van der Waals surface area (Å²) >= 11 is 0. The first-order valence-corrected chi connectivity index (χ1v) is 11.8. The molecule has 0 aromatic heterocycles. The Labute approximate surface area is 204 Å². The van der Waals surface area contributed by atoms with Gasteiger partial charge in [-0.15, -0.1) is 0 Å². The van der Waals surface area contributed by atoms with Crippen molar-refractivity contribution in [1.29, 1.82) is 0 Å². The molecule has 11 nitrogen and oxygen atoms in total. The van der Waals surface area contributed by atoms with Gasteiger partial charge >= 0.3 is 12.1 Å². The molecule has 0 aliphatic carbocycles. The molecular formula is C21H25F3N5O6S+. The first-order valence-electron chi connectivity index (χ1n) is 9.92. The number of nitrogens with two attached hydrogens (primary N) is 1. The monoisotopic (exact) mass is 532 g/mol. The smallest absolute Gasteiger partial charge is 0.416 e. The fourth-order valence-electron chi connectivity index (χ4n) is 3.03. The zero-order valence-electron chi connectivity index (χ0n) is 19.7. The summed E-state index contributed by atoms with van der Waals surface area (Å²) in [6, 6.07) is 5.42. The lowest BCUT2D eigenvalue weighted by molar-refractivity contribution is -0.303. The first-order chi connectivity index (χ1) is 16.6. The van der Waals surface area contributed by atoms with E-state index >= 15 is 0 Å². The Morgan fingerprint density at radius 3 is 2.28 bits per heavy atom. The molecule has 196 valence electrons. The average Bonchev–Trinajstić information content (AvgIpc) is 2.76. The van der Waals surface area contributed by atoms with Gasteiger partial charge in [0.15, 0.2) is 5.75 Å². The van der Waals surface area contributed by atoms with Gasteiger partial charge in [0.25, 0.3) is 5.91 Å². The minimum absolute atomic E-state index is 0.0137. The van der Waals surface area contributed by atoms with Gasteiger partial charge in [0, 0.05) is 5.56 Å². The van der Waals surface area contributed by atoms with E-state index in [-0.39, 0.29) is 22.7 Å². The summed E-state index contributed by atoms with van der Waals surface area (Å²) < 4.78 is 75.3. The Bertz CT molecular complexity index is 1310. The van der Waals surface area contributed by atoms with E-state index in [1.54, 1.807) is 6.92 Å². The number of rotatable bonds is 8. The maximum atomic E-state index is 13.5. The van der Waals surface area contributed by atoms with E-state index < -0.39 is 45.0 Å². The van der Waals surface area contributed by atoms with Crippen LogP contribution in [0.15, 0.2) is 42.2 Å². The van der Waals surface area contributed by atoms with Gasteiger partial charge in [-0.1, -0.05) is 6.07 Å². The molecule has 0 fully saturated rings. The van der Waals surface area contributed by atoms with Crippen molar-refractivity contribution in [1.82, 2.24) is 0 Å². The Morgan fingerprint density at radius 2 is 1.75 bits per heavy atom. The van der Waals surface area contributed by atoms with Crippen molar-refractivity contribution >= 4 is 39.0 Å². The lowest BCUT2D eigenvalue weighted by atomic mass is 10.1. The fraction of sp³-hybridized carbons (Fsp3) is 0.238. The van der Waals surface area contributed by atoms with Crippen molar-refractivity contribution in [3.05, 3.63) is 58.9 Å². The number of nitrogens with one attached hydrogen (secondary N) is 2. The Kier molecular flexibility index (Phi) is 8.56. The molecule has 15 heteroatoms. The summed E-state index contributed by atoms with van der Waals surface area (Å²) in [5.41, 5.74) is 2.15. The van der Waals surface area contributed by atoms with Crippen LogP contribution in [0.25, 0.3) is 0 Å². The molecular weight excluding hydrogens is 507 g/mol. The standard InChI is InChI=1S/C21H24F3N5O6S/c1-11-5-6-12(7-17(11)29(26)10-14(25)20(31)35-3)19(30)27-15-8-13(21(22,23)24)9-16(18(15)34-2)28-36(4,32)33/h5-10,28H,25-26H2,1-4H3,(H,27,30)/p+1. The minimum atomic E-state index is -4.85. The third-order valence-electron chi connectivity index (χ3n) is 4.66. The topological polar surface area (TPSA) is 168 Å². The van der Waals surface area contributed by atoms with Crippen LogP contribution in [0.2, 0.25) is 0 Å². The number of halogens is 3. The van der Waals surface area contributed by atoms with Crippen molar-refractivity contribution in [3.8, 4) is 5.75 Å². The van der Waals surface area contributed by atoms with Crippen LogP contribution in [0.4, 0.5) is 30.2 Å². The van der Waals surface area contributed by atoms with Crippen LogP contribution in [-0.4, -0.2) is 40.8 Å². The molecule has 0 bridgehead atoms. The van der Waals surface area contributed by atoms with Crippen molar-refractivity contribution in [2.24, 2.45) is 5.84 Å². The van der Waals surface area contributed by atoms with Gasteiger partial charge in [-0.3, -0.25) is 14.5 Å². The highest BCUT2D eigenvalue weighted by Crippen LogP contribution is 2.41. The van der Waals surface area contributed by atoms with E-state index in [2.05, 4.69) is 15.8 Å². The third kappa shape index (κ3) is 7.10. The van der Waals surface area contributed by atoms with E-state index in [1.165, 1.54) is 24.4 Å². The molecule has 0 aliphatic rings. The molecule has 0 unspecified atom stereocenters. The average molecular weight is 533 g/mol. The number of hydrazine groups is 1. The number of methoxy groups -OCH3 is 2. The SMILES string of the molecule is COC(=O)C([NH3+])=CN(N)c1cc(C(=O)Nc2cc(C(F)(F)F)cc(NS(C)(=O)=O)c2OC)ccc1C. The van der Waals surface area contributed by atoms with E-state index in [1.807, 2.05) is 4.72 Å². The highest BCUT2D eigenvalue weighted by molar-refractivity contribution is 7.92. The number of anilines is 3. The number of sulfonamides is 1. The van der Waals surface area contributed by atoms with Gasteiger partial charge in [-0.2, -0.15) is 13.2 Å². The molecule has 0 saturated heterocycles. The summed E-state index contributed by atoms with van der Waals surface area (Å²) in [6.07, 6.45) is -2.92. The fourth-order valence-corrected chi connectivity index (χ4v) is 3.58. The molecule has 2 aromatic rings. The summed E-state index contributed by atoms with van der Waals surface area (Å²) in [5, 5.41) is 3.34. The van der Waals surface area contributed by atoms with Crippen molar-refractivity contribution in [2.45, 2.75) is 13.1 Å². The van der Waals surface area contributed by atoms with Crippen LogP contribution < -0.4 is 31.4 Å². The highest BCUT2D eigenvalue weighted by atomic mass is 32.2. The summed E-state index contributed by atoms with van der Waals surface area (Å²) in [7, 11) is -1.71. The first kappa shape index (κ1) is 28.4. The highest BCUT2D eigenvalue weighted by Gasteiger charge is 2.33. The molecule has 2 aromatic carbocycles. The van der Waals surface area contributed by atoms with E-state index in [0.717, 1.165) is 25.5 Å². The van der Waals surface area contributed by atoms with Crippen LogP contribution in [-0.2, 0) is 25.7 Å². The number of aryl methyl sites for hydroxylation is 1. The lowest BCUT2D eigenvalue weighted by Gasteiger charge is -2.19. The van der Waals surface area contributed by atoms with Crippen molar-refractivity contribution in [2.75, 3.05) is 35.5 Å². The second kappa shape index (κ2) is 10.8. The number of amides is 1. The molecule has 7 N–H and O–H groups in total. The van der Waals surface area contributed by atoms with Gasteiger partial charge in [-0.05, 0) is 36.8 Å². The van der Waals surface area contributed by atoms with Gasteiger partial charge < -0.3 is 20.5 Å². The maximum Gasteiger partial charge on any atom is 0.416 e. The van der Waals surface area contributed by atoms with Crippen molar-refractivity contribution in [3.63, 3.8) is 0 Å². The number of carbonyl (C=O) groups excluding carboxylic acids is 2. The van der Waals surface area contributed by atoms with Crippen LogP contribution in [0, 0.1) is 6.92 Å². The zero-order valence-corrected chi connectivity index (χ0v) is 20.5. The predicted octanol–water partition coefficient (Wildman–Crippen LogP) is 1.58. The Balaban J connectivity index is 2.52. The number of carbonyl (C=O) groups is 2. The Hall–Kier alpha value is -3.82. The molecule has 0 heterocycles. The van der Waals surface area contributed by atoms with Gasteiger partial charge in [0.2, 0.25) is 15.7 Å². The van der Waals surface area contributed by atoms with E-state index in [4.69, 9.17) is 10.6 Å². The van der Waals surface area contributed by atoms with Gasteiger partial charge in [0.05, 0.1) is 49.3 Å². The van der Waals surface area contributed by atoms with Gasteiger partial charge in [0.1, 0.15) is 0 Å². The van der Waals surface area contributed by atoms with Crippen molar-refractivity contribution < 1.29 is 46.4 Å².